The van der Waals surface area contributed by atoms with Gasteiger partial charge < -0.3 is 10.6 Å². The van der Waals surface area contributed by atoms with E-state index in [0.29, 0.717) is 0 Å². The summed E-state index contributed by atoms with van der Waals surface area (Å²) in [5.41, 5.74) is 3.44. The van der Waals surface area contributed by atoms with E-state index in [1.807, 2.05) is 18.2 Å². The number of thiazole rings is 1. The molecular formula is C15H15N3OS. The summed E-state index contributed by atoms with van der Waals surface area (Å²) in [6.45, 7) is 0. The van der Waals surface area contributed by atoms with Crippen LogP contribution in [0.15, 0.2) is 24.3 Å². The molecule has 2 aromatic rings. The van der Waals surface area contributed by atoms with Crippen LogP contribution >= 0.6 is 11.3 Å². The zero-order chi connectivity index (χ0) is 13.5. The number of nitrogens with one attached hydrogen (secondary N) is 2. The number of hydrogen-bond donors (Lipinski definition) is 2. The number of para-hydroxylation sites is 1. The average Bonchev–Trinajstić information content (AvgIpc) is 3.10. The molecule has 102 valence electrons. The summed E-state index contributed by atoms with van der Waals surface area (Å²) in [6.07, 6.45) is 4.10. The molecule has 1 aromatic carbocycles. The van der Waals surface area contributed by atoms with E-state index in [2.05, 4.69) is 21.7 Å². The summed E-state index contributed by atoms with van der Waals surface area (Å²) in [6, 6.07) is 7.88. The molecule has 0 fully saturated rings. The summed E-state index contributed by atoms with van der Waals surface area (Å²) in [5, 5.41) is 6.97. The molecular weight excluding hydrogens is 270 g/mol. The van der Waals surface area contributed by atoms with E-state index in [0.717, 1.165) is 30.1 Å². The summed E-state index contributed by atoms with van der Waals surface area (Å²) >= 11 is 1.62. The summed E-state index contributed by atoms with van der Waals surface area (Å²) in [7, 11) is 0. The van der Waals surface area contributed by atoms with Gasteiger partial charge in [-0.05, 0) is 30.9 Å². The summed E-state index contributed by atoms with van der Waals surface area (Å²) in [4.78, 5) is 18.1. The van der Waals surface area contributed by atoms with Crippen molar-refractivity contribution in [1.29, 1.82) is 0 Å². The predicted octanol–water partition coefficient (Wildman–Crippen LogP) is 2.61. The number of hydrogen-bond acceptors (Lipinski definition) is 4. The topological polar surface area (TPSA) is 54.0 Å². The monoisotopic (exact) mass is 285 g/mol. The van der Waals surface area contributed by atoms with Crippen molar-refractivity contribution in [2.75, 3.05) is 10.6 Å². The first kappa shape index (κ1) is 11.9. The van der Waals surface area contributed by atoms with E-state index >= 15 is 0 Å². The number of aromatic nitrogens is 1. The number of anilines is 2. The van der Waals surface area contributed by atoms with Gasteiger partial charge in [-0.1, -0.05) is 18.2 Å². The maximum absolute atomic E-state index is 12.3. The summed E-state index contributed by atoms with van der Waals surface area (Å²) in [5.74, 6) is 0.00798. The largest absolute Gasteiger partial charge is 0.373 e. The molecule has 1 aliphatic carbocycles. The van der Waals surface area contributed by atoms with Crippen LogP contribution in [-0.2, 0) is 24.1 Å². The van der Waals surface area contributed by atoms with Gasteiger partial charge >= 0.3 is 0 Å². The zero-order valence-electron chi connectivity index (χ0n) is 11.0. The number of amides is 1. The minimum Gasteiger partial charge on any atom is -0.373 e. The first-order valence-corrected chi connectivity index (χ1v) is 7.75. The van der Waals surface area contributed by atoms with Crippen LogP contribution in [0.4, 0.5) is 10.8 Å². The van der Waals surface area contributed by atoms with Gasteiger partial charge in [0.25, 0.3) is 0 Å². The number of benzene rings is 1. The Labute approximate surface area is 121 Å². The van der Waals surface area contributed by atoms with E-state index < -0.39 is 0 Å². The van der Waals surface area contributed by atoms with E-state index in [-0.39, 0.29) is 11.9 Å². The Morgan fingerprint density at radius 1 is 1.35 bits per heavy atom. The first-order chi connectivity index (χ1) is 9.79. The fourth-order valence-electron chi connectivity index (χ4n) is 2.89. The molecule has 0 spiro atoms. The van der Waals surface area contributed by atoms with Crippen molar-refractivity contribution in [2.45, 2.75) is 31.7 Å². The second kappa shape index (κ2) is 4.59. The molecule has 0 bridgehead atoms. The molecule has 0 radical (unpaired) electrons. The number of carbonyl (C=O) groups is 1. The number of fused-ring (bicyclic) bond motifs is 2. The minimum absolute atomic E-state index is 0.00798. The highest BCUT2D eigenvalue weighted by Gasteiger charge is 2.27. The molecule has 0 saturated carbocycles. The minimum atomic E-state index is -0.189. The lowest BCUT2D eigenvalue weighted by atomic mass is 10.1. The third kappa shape index (κ3) is 1.98. The van der Waals surface area contributed by atoms with Gasteiger partial charge in [0.1, 0.15) is 6.04 Å². The van der Waals surface area contributed by atoms with Crippen molar-refractivity contribution < 1.29 is 4.79 Å². The third-order valence-corrected chi connectivity index (χ3v) is 4.99. The quantitative estimate of drug-likeness (QED) is 0.892. The van der Waals surface area contributed by atoms with Crippen LogP contribution in [0, 0.1) is 0 Å². The van der Waals surface area contributed by atoms with Gasteiger partial charge in [0.05, 0.1) is 5.69 Å². The third-order valence-electron chi connectivity index (χ3n) is 3.91. The highest BCUT2D eigenvalue weighted by Crippen LogP contribution is 2.31. The highest BCUT2D eigenvalue weighted by molar-refractivity contribution is 7.15. The van der Waals surface area contributed by atoms with Crippen LogP contribution in [0.2, 0.25) is 0 Å². The van der Waals surface area contributed by atoms with Crippen LogP contribution in [0.25, 0.3) is 0 Å². The lowest BCUT2D eigenvalue weighted by Crippen LogP contribution is -2.32. The lowest BCUT2D eigenvalue weighted by Gasteiger charge is -2.10. The Hall–Kier alpha value is -1.88. The van der Waals surface area contributed by atoms with Gasteiger partial charge in [0.15, 0.2) is 5.13 Å². The van der Waals surface area contributed by atoms with Gasteiger partial charge in [0, 0.05) is 17.0 Å². The van der Waals surface area contributed by atoms with E-state index in [1.165, 1.54) is 22.6 Å². The maximum Gasteiger partial charge on any atom is 0.248 e. The number of aryl methyl sites for hydroxylation is 2. The van der Waals surface area contributed by atoms with Crippen molar-refractivity contribution in [3.63, 3.8) is 0 Å². The second-order valence-corrected chi connectivity index (χ2v) is 6.37. The molecule has 2 aliphatic rings. The van der Waals surface area contributed by atoms with Crippen molar-refractivity contribution in [3.05, 3.63) is 40.4 Å². The molecule has 1 amide bonds. The van der Waals surface area contributed by atoms with Crippen LogP contribution in [-0.4, -0.2) is 16.9 Å². The van der Waals surface area contributed by atoms with Crippen molar-refractivity contribution in [2.24, 2.45) is 0 Å². The number of nitrogens with zero attached hydrogens (tertiary/aromatic N) is 1. The molecule has 2 N–H and O–H groups in total. The van der Waals surface area contributed by atoms with E-state index in [1.54, 1.807) is 11.3 Å². The molecule has 1 unspecified atom stereocenters. The Morgan fingerprint density at radius 3 is 3.10 bits per heavy atom. The molecule has 4 nitrogen and oxygen atoms in total. The van der Waals surface area contributed by atoms with Crippen LogP contribution in [0.1, 0.15) is 22.6 Å². The van der Waals surface area contributed by atoms with Crippen molar-refractivity contribution in [1.82, 2.24) is 4.98 Å². The molecule has 2 heterocycles. The van der Waals surface area contributed by atoms with Gasteiger partial charge in [0.2, 0.25) is 5.91 Å². The SMILES string of the molecule is O=C(Nc1nc2c(s1)CCC2)C1Cc2ccccc2N1. The van der Waals surface area contributed by atoms with Gasteiger partial charge in [-0.15, -0.1) is 11.3 Å². The second-order valence-electron chi connectivity index (χ2n) is 5.29. The van der Waals surface area contributed by atoms with Crippen molar-refractivity contribution >= 4 is 28.1 Å². The highest BCUT2D eigenvalue weighted by atomic mass is 32.1. The van der Waals surface area contributed by atoms with Crippen LogP contribution in [0.5, 0.6) is 0 Å². The Kier molecular flexibility index (Phi) is 2.73. The van der Waals surface area contributed by atoms with E-state index in [9.17, 15) is 4.79 Å². The average molecular weight is 285 g/mol. The summed E-state index contributed by atoms with van der Waals surface area (Å²) < 4.78 is 0. The first-order valence-electron chi connectivity index (χ1n) is 6.93. The Bertz CT molecular complexity index is 633. The van der Waals surface area contributed by atoms with Crippen LogP contribution in [0.3, 0.4) is 0 Å². The van der Waals surface area contributed by atoms with Gasteiger partial charge in [-0.2, -0.15) is 0 Å². The van der Waals surface area contributed by atoms with Gasteiger partial charge in [-0.3, -0.25) is 4.79 Å². The zero-order valence-corrected chi connectivity index (χ0v) is 11.8. The van der Waals surface area contributed by atoms with E-state index in [4.69, 9.17) is 0 Å². The maximum atomic E-state index is 12.3. The normalized spacial score (nSPS) is 19.3. The number of rotatable bonds is 2. The fraction of sp³-hybridized carbons (Fsp3) is 0.333. The standard InChI is InChI=1S/C15H15N3OS/c19-14(12-8-9-4-1-2-5-10(9)16-12)18-15-17-11-6-3-7-13(11)20-15/h1-2,4-5,12,16H,3,6-8H2,(H,17,18,19). The van der Waals surface area contributed by atoms with Crippen LogP contribution < -0.4 is 10.6 Å². The Morgan fingerprint density at radius 2 is 2.25 bits per heavy atom. The molecule has 5 heteroatoms. The Balaban J connectivity index is 1.46. The fourth-order valence-corrected chi connectivity index (χ4v) is 3.95. The predicted molar refractivity (Wildman–Crippen MR) is 80.3 cm³/mol. The molecule has 1 aliphatic heterocycles. The molecule has 4 rings (SSSR count). The molecule has 1 atom stereocenters. The number of carbonyl (C=O) groups excluding carboxylic acids is 1. The van der Waals surface area contributed by atoms with Crippen molar-refractivity contribution in [3.8, 4) is 0 Å². The molecule has 20 heavy (non-hydrogen) atoms. The lowest BCUT2D eigenvalue weighted by molar-refractivity contribution is -0.116. The smallest absolute Gasteiger partial charge is 0.248 e. The molecule has 0 saturated heterocycles. The molecule has 1 aromatic heterocycles. The van der Waals surface area contributed by atoms with Gasteiger partial charge in [-0.25, -0.2) is 4.98 Å².